The molecule has 17 heavy (non-hydrogen) atoms. The maximum Gasteiger partial charge on any atom is 0.277 e. The maximum atomic E-state index is 12.9. The minimum atomic E-state index is -0.533. The molecule has 0 aliphatic rings. The highest BCUT2D eigenvalue weighted by atomic mass is 32.1. The Bertz CT molecular complexity index is 591. The van der Waals surface area contributed by atoms with Crippen LogP contribution in [0.3, 0.4) is 0 Å². The van der Waals surface area contributed by atoms with Gasteiger partial charge in [0.2, 0.25) is 0 Å². The van der Waals surface area contributed by atoms with E-state index in [0.29, 0.717) is 0 Å². The molecule has 0 aliphatic heterocycles. The average molecular weight is 248 g/mol. The molecule has 1 aromatic heterocycles. The smallest absolute Gasteiger partial charge is 0.277 e. The van der Waals surface area contributed by atoms with Gasteiger partial charge in [0.1, 0.15) is 11.9 Å². The van der Waals surface area contributed by atoms with E-state index in [9.17, 15) is 9.18 Å². The number of nitrogens with one attached hydrogen (secondary N) is 1. The second-order valence-corrected chi connectivity index (χ2v) is 3.66. The number of benzene rings is 1. The summed E-state index contributed by atoms with van der Waals surface area (Å²) in [4.78, 5) is 11.6. The standard InChI is InChI=1S/C10H5FN4OS/c11-7-1-2-8(6(3-7)4-12)13-10(16)9-5-17-15-14-9/h1-3,5H,(H,13,16). The Balaban J connectivity index is 2.25. The number of aromatic nitrogens is 2. The first-order valence-electron chi connectivity index (χ1n) is 4.49. The van der Waals surface area contributed by atoms with Crippen LogP contribution in [0.25, 0.3) is 0 Å². The van der Waals surface area contributed by atoms with Crippen LogP contribution < -0.4 is 5.32 Å². The van der Waals surface area contributed by atoms with Crippen molar-refractivity contribution in [3.63, 3.8) is 0 Å². The SMILES string of the molecule is N#Cc1cc(F)ccc1NC(=O)c1csnn1. The summed E-state index contributed by atoms with van der Waals surface area (Å²) in [7, 11) is 0. The van der Waals surface area contributed by atoms with Crippen molar-refractivity contribution in [2.45, 2.75) is 0 Å². The van der Waals surface area contributed by atoms with Gasteiger partial charge in [-0.3, -0.25) is 4.79 Å². The lowest BCUT2D eigenvalue weighted by Gasteiger charge is -2.04. The lowest BCUT2D eigenvalue weighted by molar-refractivity contribution is 0.102. The predicted octanol–water partition coefficient (Wildman–Crippen LogP) is 1.80. The number of hydrogen-bond donors (Lipinski definition) is 1. The molecule has 0 spiro atoms. The third kappa shape index (κ3) is 2.43. The van der Waals surface area contributed by atoms with Gasteiger partial charge >= 0.3 is 0 Å². The second kappa shape index (κ2) is 4.67. The molecule has 0 saturated carbocycles. The molecule has 84 valence electrons. The Labute approximate surface area is 99.7 Å². The molecule has 0 unspecified atom stereocenters. The van der Waals surface area contributed by atoms with Gasteiger partial charge in [-0.15, -0.1) is 5.10 Å². The molecule has 0 fully saturated rings. The van der Waals surface area contributed by atoms with Crippen LogP contribution >= 0.6 is 11.5 Å². The van der Waals surface area contributed by atoms with E-state index in [1.807, 2.05) is 0 Å². The van der Waals surface area contributed by atoms with Crippen LogP contribution in [0.2, 0.25) is 0 Å². The lowest BCUT2D eigenvalue weighted by atomic mass is 10.2. The van der Waals surface area contributed by atoms with E-state index in [-0.39, 0.29) is 16.9 Å². The zero-order chi connectivity index (χ0) is 12.3. The normalized spacial score (nSPS) is 9.65. The Morgan fingerprint density at radius 1 is 1.53 bits per heavy atom. The van der Waals surface area contributed by atoms with Crippen molar-refractivity contribution >= 4 is 23.1 Å². The highest BCUT2D eigenvalue weighted by molar-refractivity contribution is 7.03. The molecule has 7 heteroatoms. The number of halogens is 1. The lowest BCUT2D eigenvalue weighted by Crippen LogP contribution is -2.13. The fourth-order valence-electron chi connectivity index (χ4n) is 1.17. The number of amides is 1. The second-order valence-electron chi connectivity index (χ2n) is 3.05. The monoisotopic (exact) mass is 248 g/mol. The topological polar surface area (TPSA) is 78.7 Å². The number of rotatable bonds is 2. The number of nitriles is 1. The van der Waals surface area contributed by atoms with Crippen LogP contribution in [0, 0.1) is 17.1 Å². The summed E-state index contributed by atoms with van der Waals surface area (Å²) in [6.45, 7) is 0. The van der Waals surface area contributed by atoms with Gasteiger partial charge in [0, 0.05) is 5.38 Å². The van der Waals surface area contributed by atoms with Crippen molar-refractivity contribution in [1.82, 2.24) is 9.59 Å². The quantitative estimate of drug-likeness (QED) is 0.878. The van der Waals surface area contributed by atoms with Crippen LogP contribution in [-0.2, 0) is 0 Å². The number of hydrogen-bond acceptors (Lipinski definition) is 5. The first-order chi connectivity index (χ1) is 8.20. The molecule has 0 saturated heterocycles. The van der Waals surface area contributed by atoms with E-state index in [1.165, 1.54) is 11.4 Å². The number of carbonyl (C=O) groups is 1. The third-order valence-corrected chi connectivity index (χ3v) is 2.45. The van der Waals surface area contributed by atoms with Crippen molar-refractivity contribution in [1.29, 1.82) is 5.26 Å². The van der Waals surface area contributed by atoms with Crippen molar-refractivity contribution in [3.05, 3.63) is 40.7 Å². The van der Waals surface area contributed by atoms with E-state index in [1.54, 1.807) is 6.07 Å². The molecule has 2 rings (SSSR count). The summed E-state index contributed by atoms with van der Waals surface area (Å²) in [5, 5.41) is 16.3. The summed E-state index contributed by atoms with van der Waals surface area (Å²) < 4.78 is 16.4. The first kappa shape index (κ1) is 11.2. The van der Waals surface area contributed by atoms with E-state index in [4.69, 9.17) is 5.26 Å². The average Bonchev–Trinajstić information content (AvgIpc) is 2.85. The molecule has 1 N–H and O–H groups in total. The van der Waals surface area contributed by atoms with Gasteiger partial charge in [0.15, 0.2) is 5.69 Å². The number of anilines is 1. The molecule has 1 amide bonds. The highest BCUT2D eigenvalue weighted by Gasteiger charge is 2.11. The van der Waals surface area contributed by atoms with E-state index < -0.39 is 11.7 Å². The van der Waals surface area contributed by atoms with Crippen LogP contribution in [-0.4, -0.2) is 15.5 Å². The van der Waals surface area contributed by atoms with Gasteiger partial charge in [0.05, 0.1) is 11.3 Å². The minimum absolute atomic E-state index is 0.0570. The van der Waals surface area contributed by atoms with Gasteiger partial charge in [0.25, 0.3) is 5.91 Å². The number of nitrogens with zero attached hydrogens (tertiary/aromatic N) is 3. The maximum absolute atomic E-state index is 12.9. The van der Waals surface area contributed by atoms with E-state index in [0.717, 1.165) is 23.7 Å². The molecular formula is C10H5FN4OS. The zero-order valence-electron chi connectivity index (χ0n) is 8.35. The Morgan fingerprint density at radius 3 is 3.00 bits per heavy atom. The van der Waals surface area contributed by atoms with Crippen LogP contribution in [0.1, 0.15) is 16.1 Å². The molecule has 0 atom stereocenters. The fourth-order valence-corrected chi connectivity index (χ4v) is 1.60. The molecule has 1 heterocycles. The Kier molecular flexibility index (Phi) is 3.07. The van der Waals surface area contributed by atoms with Gasteiger partial charge in [-0.2, -0.15) is 5.26 Å². The molecule has 5 nitrogen and oxygen atoms in total. The summed E-state index contributed by atoms with van der Waals surface area (Å²) in [6, 6.07) is 5.34. The number of carbonyl (C=O) groups excluding carboxylic acids is 1. The van der Waals surface area contributed by atoms with Gasteiger partial charge in [-0.1, -0.05) is 4.49 Å². The van der Waals surface area contributed by atoms with Crippen molar-refractivity contribution < 1.29 is 9.18 Å². The van der Waals surface area contributed by atoms with Crippen molar-refractivity contribution in [2.24, 2.45) is 0 Å². The Hall–Kier alpha value is -2.33. The van der Waals surface area contributed by atoms with Crippen LogP contribution in [0.4, 0.5) is 10.1 Å². The van der Waals surface area contributed by atoms with Gasteiger partial charge < -0.3 is 5.32 Å². The van der Waals surface area contributed by atoms with E-state index >= 15 is 0 Å². The fraction of sp³-hybridized carbons (Fsp3) is 0. The first-order valence-corrected chi connectivity index (χ1v) is 5.32. The summed E-state index contributed by atoms with van der Waals surface area (Å²) in [5.74, 6) is -1.02. The van der Waals surface area contributed by atoms with Crippen LogP contribution in [0.5, 0.6) is 0 Å². The van der Waals surface area contributed by atoms with Crippen molar-refractivity contribution in [2.75, 3.05) is 5.32 Å². The Morgan fingerprint density at radius 2 is 2.35 bits per heavy atom. The largest absolute Gasteiger partial charge is 0.319 e. The van der Waals surface area contributed by atoms with Crippen molar-refractivity contribution in [3.8, 4) is 6.07 Å². The molecule has 2 aromatic rings. The summed E-state index contributed by atoms with van der Waals surface area (Å²) >= 11 is 1.04. The zero-order valence-corrected chi connectivity index (χ0v) is 9.16. The predicted molar refractivity (Wildman–Crippen MR) is 59.0 cm³/mol. The van der Waals surface area contributed by atoms with Gasteiger partial charge in [-0.25, -0.2) is 4.39 Å². The summed E-state index contributed by atoms with van der Waals surface area (Å²) in [6.07, 6.45) is 0. The van der Waals surface area contributed by atoms with E-state index in [2.05, 4.69) is 14.9 Å². The van der Waals surface area contributed by atoms with Crippen LogP contribution in [0.15, 0.2) is 23.6 Å². The minimum Gasteiger partial charge on any atom is -0.319 e. The third-order valence-electron chi connectivity index (χ3n) is 1.94. The molecule has 0 aliphatic carbocycles. The molecule has 0 radical (unpaired) electrons. The highest BCUT2D eigenvalue weighted by Crippen LogP contribution is 2.16. The summed E-state index contributed by atoms with van der Waals surface area (Å²) in [5.41, 5.74) is 0.455. The molecular weight excluding hydrogens is 243 g/mol. The van der Waals surface area contributed by atoms with Gasteiger partial charge in [-0.05, 0) is 29.7 Å². The molecule has 0 bridgehead atoms. The molecule has 1 aromatic carbocycles.